The lowest BCUT2D eigenvalue weighted by Crippen LogP contribution is -2.18. The molecule has 0 aliphatic carbocycles. The van der Waals surface area contributed by atoms with Gasteiger partial charge in [0.05, 0.1) is 11.5 Å². The van der Waals surface area contributed by atoms with Crippen LogP contribution in [0.1, 0.15) is 12.2 Å². The molecule has 0 aromatic carbocycles. The predicted octanol–water partition coefficient (Wildman–Crippen LogP) is -0.245. The van der Waals surface area contributed by atoms with Gasteiger partial charge in [-0.1, -0.05) is 0 Å². The monoisotopic (exact) mass is 301 g/mol. The summed E-state index contributed by atoms with van der Waals surface area (Å²) in [5.41, 5.74) is 2.46. The van der Waals surface area contributed by atoms with E-state index in [9.17, 15) is 8.42 Å². The van der Waals surface area contributed by atoms with E-state index in [2.05, 4.69) is 20.7 Å². The van der Waals surface area contributed by atoms with Gasteiger partial charge in [0.2, 0.25) is 0 Å². The van der Waals surface area contributed by atoms with E-state index in [0.29, 0.717) is 30.4 Å². The zero-order chi connectivity index (χ0) is 14.6. The lowest BCUT2D eigenvalue weighted by Gasteiger charge is -2.12. The van der Waals surface area contributed by atoms with Crippen molar-refractivity contribution in [3.63, 3.8) is 0 Å². The van der Waals surface area contributed by atoms with Gasteiger partial charge in [-0.25, -0.2) is 24.2 Å². The predicted molar refractivity (Wildman–Crippen MR) is 75.8 cm³/mol. The maximum atomic E-state index is 11.4. The van der Waals surface area contributed by atoms with Crippen molar-refractivity contribution in [1.82, 2.24) is 9.97 Å². The first-order chi connectivity index (χ1) is 9.52. The number of nitrogens with two attached hydrogens (primary N) is 1. The number of sulfone groups is 1. The van der Waals surface area contributed by atoms with Crippen LogP contribution in [0.5, 0.6) is 0 Å². The van der Waals surface area contributed by atoms with Gasteiger partial charge in [0.15, 0.2) is 15.7 Å². The van der Waals surface area contributed by atoms with Crippen LogP contribution in [0, 0.1) is 5.92 Å². The molecule has 1 aliphatic heterocycles. The second kappa shape index (κ2) is 6.33. The Morgan fingerprint density at radius 2 is 2.20 bits per heavy atom. The Morgan fingerprint density at radius 1 is 1.45 bits per heavy atom. The zero-order valence-electron chi connectivity index (χ0n) is 11.3. The average Bonchev–Trinajstić information content (AvgIpc) is 2.76. The van der Waals surface area contributed by atoms with E-state index in [0.717, 1.165) is 0 Å². The number of hydrazine groups is 1. The average molecular weight is 301 g/mol. The minimum absolute atomic E-state index is 0.120. The first-order valence-electron chi connectivity index (χ1n) is 6.30. The fourth-order valence-corrected chi connectivity index (χ4v) is 4.00. The molecule has 8 nitrogen and oxygen atoms in total. The molecule has 9 heteroatoms. The molecule has 0 spiro atoms. The van der Waals surface area contributed by atoms with Crippen LogP contribution in [0.25, 0.3) is 0 Å². The molecule has 1 unspecified atom stereocenters. The third-order valence-corrected chi connectivity index (χ3v) is 4.93. The van der Waals surface area contributed by atoms with E-state index in [1.165, 1.54) is 0 Å². The van der Waals surface area contributed by atoms with Crippen LogP contribution in [0.15, 0.2) is 6.07 Å². The van der Waals surface area contributed by atoms with Crippen LogP contribution in [0.2, 0.25) is 0 Å². The number of anilines is 2. The van der Waals surface area contributed by atoms with Gasteiger partial charge in [-0.05, 0) is 12.3 Å². The summed E-state index contributed by atoms with van der Waals surface area (Å²) in [4.78, 5) is 8.41. The van der Waals surface area contributed by atoms with Crippen molar-refractivity contribution in [2.75, 3.05) is 35.9 Å². The number of ether oxygens (including phenoxy) is 1. The third-order valence-electron chi connectivity index (χ3n) is 3.09. The van der Waals surface area contributed by atoms with Gasteiger partial charge >= 0.3 is 0 Å². The summed E-state index contributed by atoms with van der Waals surface area (Å²) in [7, 11) is -1.30. The molecule has 1 saturated heterocycles. The number of nitrogens with zero attached hydrogens (tertiary/aromatic N) is 2. The van der Waals surface area contributed by atoms with Crippen LogP contribution < -0.4 is 16.6 Å². The maximum absolute atomic E-state index is 11.4. The highest BCUT2D eigenvalue weighted by molar-refractivity contribution is 7.91. The molecule has 1 atom stereocenters. The molecule has 20 heavy (non-hydrogen) atoms. The largest absolute Gasteiger partial charge is 0.377 e. The van der Waals surface area contributed by atoms with Crippen molar-refractivity contribution in [1.29, 1.82) is 0 Å². The van der Waals surface area contributed by atoms with Crippen molar-refractivity contribution in [3.8, 4) is 0 Å². The van der Waals surface area contributed by atoms with E-state index < -0.39 is 9.84 Å². The summed E-state index contributed by atoms with van der Waals surface area (Å²) in [5, 5.41) is 3.13. The second-order valence-corrected chi connectivity index (χ2v) is 7.01. The van der Waals surface area contributed by atoms with Gasteiger partial charge in [0, 0.05) is 19.7 Å². The van der Waals surface area contributed by atoms with E-state index in [1.54, 1.807) is 13.2 Å². The molecular weight excluding hydrogens is 282 g/mol. The summed E-state index contributed by atoms with van der Waals surface area (Å²) in [5.74, 6) is 7.56. The number of nitrogens with one attached hydrogen (secondary N) is 2. The highest BCUT2D eigenvalue weighted by Crippen LogP contribution is 2.19. The smallest absolute Gasteiger partial charge is 0.158 e. The Kier molecular flexibility index (Phi) is 4.73. The number of rotatable bonds is 6. The van der Waals surface area contributed by atoms with Crippen molar-refractivity contribution >= 4 is 21.5 Å². The molecule has 4 N–H and O–H groups in total. The number of hydrogen-bond donors (Lipinski definition) is 3. The molecule has 0 radical (unpaired) electrons. The molecule has 2 heterocycles. The van der Waals surface area contributed by atoms with Crippen molar-refractivity contribution < 1.29 is 13.2 Å². The van der Waals surface area contributed by atoms with Crippen LogP contribution in [0.3, 0.4) is 0 Å². The molecule has 1 aromatic rings. The molecular formula is C11H19N5O3S. The van der Waals surface area contributed by atoms with Gasteiger partial charge in [-0.15, -0.1) is 0 Å². The van der Waals surface area contributed by atoms with E-state index in [-0.39, 0.29) is 24.0 Å². The Morgan fingerprint density at radius 3 is 2.80 bits per heavy atom. The third kappa shape index (κ3) is 4.02. The van der Waals surface area contributed by atoms with Gasteiger partial charge in [-0.3, -0.25) is 0 Å². The molecule has 1 fully saturated rings. The first kappa shape index (κ1) is 14.9. The van der Waals surface area contributed by atoms with Crippen molar-refractivity contribution in [2.24, 2.45) is 11.8 Å². The molecule has 1 aromatic heterocycles. The SMILES string of the molecule is COCc1nc(NN)cc(NCC2CCS(=O)(=O)C2)n1. The molecule has 112 valence electrons. The zero-order valence-corrected chi connectivity index (χ0v) is 12.1. The highest BCUT2D eigenvalue weighted by Gasteiger charge is 2.27. The Labute approximate surface area is 118 Å². The fourth-order valence-electron chi connectivity index (χ4n) is 2.14. The molecule has 1 aliphatic rings. The summed E-state index contributed by atoms with van der Waals surface area (Å²) in [6, 6.07) is 1.67. The minimum Gasteiger partial charge on any atom is -0.377 e. The molecule has 0 bridgehead atoms. The number of aromatic nitrogens is 2. The van der Waals surface area contributed by atoms with Gasteiger partial charge in [-0.2, -0.15) is 0 Å². The topological polar surface area (TPSA) is 119 Å². The van der Waals surface area contributed by atoms with Gasteiger partial charge in [0.25, 0.3) is 0 Å². The molecule has 0 saturated carbocycles. The van der Waals surface area contributed by atoms with Crippen LogP contribution in [-0.2, 0) is 21.2 Å². The lowest BCUT2D eigenvalue weighted by atomic mass is 10.1. The molecule has 2 rings (SSSR count). The number of hydrogen-bond acceptors (Lipinski definition) is 8. The van der Waals surface area contributed by atoms with Gasteiger partial charge < -0.3 is 15.5 Å². The Bertz CT molecular complexity index is 563. The van der Waals surface area contributed by atoms with Crippen molar-refractivity contribution in [3.05, 3.63) is 11.9 Å². The van der Waals surface area contributed by atoms with Crippen LogP contribution >= 0.6 is 0 Å². The fraction of sp³-hybridized carbons (Fsp3) is 0.636. The quantitative estimate of drug-likeness (QED) is 0.486. The normalized spacial score (nSPS) is 20.8. The van der Waals surface area contributed by atoms with E-state index in [4.69, 9.17) is 10.6 Å². The first-order valence-corrected chi connectivity index (χ1v) is 8.12. The summed E-state index contributed by atoms with van der Waals surface area (Å²) < 4.78 is 27.8. The highest BCUT2D eigenvalue weighted by atomic mass is 32.2. The van der Waals surface area contributed by atoms with Crippen molar-refractivity contribution in [2.45, 2.75) is 13.0 Å². The standard InChI is InChI=1S/C11H19N5O3S/c1-19-6-11-14-9(4-10(15-11)16-12)13-5-8-2-3-20(17,18)7-8/h4,8H,2-3,5-7,12H2,1H3,(H2,13,14,15,16). The number of nitrogen functional groups attached to an aromatic ring is 1. The van der Waals surface area contributed by atoms with Gasteiger partial charge in [0.1, 0.15) is 18.2 Å². The van der Waals surface area contributed by atoms with Crippen LogP contribution in [0.4, 0.5) is 11.6 Å². The summed E-state index contributed by atoms with van der Waals surface area (Å²) >= 11 is 0. The Balaban J connectivity index is 2.00. The maximum Gasteiger partial charge on any atom is 0.158 e. The van der Waals surface area contributed by atoms with E-state index >= 15 is 0 Å². The second-order valence-electron chi connectivity index (χ2n) is 4.78. The number of methoxy groups -OCH3 is 1. The van der Waals surface area contributed by atoms with E-state index in [1.807, 2.05) is 0 Å². The minimum atomic E-state index is -2.85. The summed E-state index contributed by atoms with van der Waals surface area (Å²) in [6.45, 7) is 0.842. The summed E-state index contributed by atoms with van der Waals surface area (Å²) in [6.07, 6.45) is 0.688. The molecule has 0 amide bonds. The van der Waals surface area contributed by atoms with Crippen LogP contribution in [-0.4, -0.2) is 43.5 Å². The lowest BCUT2D eigenvalue weighted by molar-refractivity contribution is 0.178. The Hall–Kier alpha value is -1.45.